The summed E-state index contributed by atoms with van der Waals surface area (Å²) in [7, 11) is 0. The predicted octanol–water partition coefficient (Wildman–Crippen LogP) is 2.66. The highest BCUT2D eigenvalue weighted by Gasteiger charge is 2.15. The minimum atomic E-state index is -0.563. The molecule has 3 N–H and O–H groups in total. The molecular formula is C21H28FN5O3. The van der Waals surface area contributed by atoms with Crippen molar-refractivity contribution in [1.29, 1.82) is 0 Å². The molecule has 3 rings (SSSR count). The summed E-state index contributed by atoms with van der Waals surface area (Å²) in [5, 5.41) is 12.2. The van der Waals surface area contributed by atoms with Crippen LogP contribution in [-0.4, -0.2) is 59.8 Å². The number of anilines is 2. The highest BCUT2D eigenvalue weighted by Crippen LogP contribution is 2.20. The molecule has 8 nitrogen and oxygen atoms in total. The molecule has 0 unspecified atom stereocenters. The molecule has 1 aromatic carbocycles. The van der Waals surface area contributed by atoms with E-state index in [4.69, 9.17) is 4.74 Å². The molecule has 0 spiro atoms. The van der Waals surface area contributed by atoms with Gasteiger partial charge in [0.1, 0.15) is 5.82 Å². The van der Waals surface area contributed by atoms with Crippen molar-refractivity contribution >= 4 is 23.2 Å². The fourth-order valence-electron chi connectivity index (χ4n) is 3.21. The van der Waals surface area contributed by atoms with Crippen LogP contribution in [0, 0.1) is 11.7 Å². The Labute approximate surface area is 175 Å². The van der Waals surface area contributed by atoms with E-state index in [1.807, 2.05) is 0 Å². The zero-order valence-electron chi connectivity index (χ0n) is 17.3. The third-order valence-corrected chi connectivity index (χ3v) is 4.75. The number of morpholine rings is 1. The van der Waals surface area contributed by atoms with E-state index in [0.717, 1.165) is 25.2 Å². The summed E-state index contributed by atoms with van der Waals surface area (Å²) >= 11 is 0. The van der Waals surface area contributed by atoms with Crippen LogP contribution in [0.25, 0.3) is 0 Å². The first-order valence-electron chi connectivity index (χ1n) is 10.2. The fraction of sp³-hybridized carbons (Fsp3) is 0.476. The Morgan fingerprint density at radius 2 is 2.00 bits per heavy atom. The lowest BCUT2D eigenvalue weighted by molar-refractivity contribution is -0.116. The van der Waals surface area contributed by atoms with E-state index in [1.54, 1.807) is 6.07 Å². The molecule has 0 atom stereocenters. The van der Waals surface area contributed by atoms with Crippen LogP contribution in [0.15, 0.2) is 24.3 Å². The monoisotopic (exact) mass is 417 g/mol. The molecule has 2 amide bonds. The number of hydrogen-bond acceptors (Lipinski definition) is 5. The van der Waals surface area contributed by atoms with Crippen LogP contribution in [0.1, 0.15) is 36.5 Å². The van der Waals surface area contributed by atoms with Gasteiger partial charge in [0, 0.05) is 37.4 Å². The second-order valence-electron chi connectivity index (χ2n) is 7.78. The van der Waals surface area contributed by atoms with E-state index < -0.39 is 11.7 Å². The van der Waals surface area contributed by atoms with Crippen molar-refractivity contribution in [3.63, 3.8) is 0 Å². The van der Waals surface area contributed by atoms with Gasteiger partial charge in [0.2, 0.25) is 5.91 Å². The van der Waals surface area contributed by atoms with Crippen LogP contribution in [0.3, 0.4) is 0 Å². The van der Waals surface area contributed by atoms with Gasteiger partial charge in [-0.3, -0.25) is 19.6 Å². The number of ether oxygens (including phenoxy) is 1. The quantitative estimate of drug-likeness (QED) is 0.613. The zero-order valence-corrected chi connectivity index (χ0v) is 17.3. The van der Waals surface area contributed by atoms with Crippen molar-refractivity contribution < 1.29 is 18.7 Å². The van der Waals surface area contributed by atoms with E-state index >= 15 is 0 Å². The summed E-state index contributed by atoms with van der Waals surface area (Å²) in [5.41, 5.74) is 1.54. The molecule has 2 aromatic rings. The van der Waals surface area contributed by atoms with Crippen LogP contribution >= 0.6 is 0 Å². The lowest BCUT2D eigenvalue weighted by atomic mass is 10.1. The summed E-state index contributed by atoms with van der Waals surface area (Å²) in [6, 6.07) is 5.76. The largest absolute Gasteiger partial charge is 0.379 e. The molecule has 0 bridgehead atoms. The summed E-state index contributed by atoms with van der Waals surface area (Å²) in [6.07, 6.45) is 1.04. The van der Waals surface area contributed by atoms with Crippen molar-refractivity contribution in [2.75, 3.05) is 43.5 Å². The molecule has 0 aliphatic carbocycles. The molecule has 1 aliphatic heterocycles. The minimum absolute atomic E-state index is 0.0299. The molecule has 2 heterocycles. The first-order chi connectivity index (χ1) is 14.4. The van der Waals surface area contributed by atoms with Gasteiger partial charge in [-0.05, 0) is 36.6 Å². The predicted molar refractivity (Wildman–Crippen MR) is 112 cm³/mol. The Morgan fingerprint density at radius 1 is 1.23 bits per heavy atom. The number of H-pyrrole nitrogens is 1. The van der Waals surface area contributed by atoms with Crippen LogP contribution < -0.4 is 10.6 Å². The number of amides is 2. The van der Waals surface area contributed by atoms with E-state index in [-0.39, 0.29) is 23.7 Å². The van der Waals surface area contributed by atoms with Gasteiger partial charge in [-0.15, -0.1) is 0 Å². The number of carbonyl (C=O) groups excluding carboxylic acids is 2. The summed E-state index contributed by atoms with van der Waals surface area (Å²) in [6.45, 7) is 7.64. The maximum Gasteiger partial charge on any atom is 0.276 e. The number of halogens is 1. The van der Waals surface area contributed by atoms with Gasteiger partial charge in [-0.1, -0.05) is 13.8 Å². The number of aromatic nitrogens is 2. The number of nitrogens with zero attached hydrogens (tertiary/aromatic N) is 2. The van der Waals surface area contributed by atoms with Gasteiger partial charge in [0.05, 0.1) is 18.9 Å². The van der Waals surface area contributed by atoms with Crippen molar-refractivity contribution in [1.82, 2.24) is 15.1 Å². The van der Waals surface area contributed by atoms with Gasteiger partial charge >= 0.3 is 0 Å². The maximum atomic E-state index is 14.1. The third-order valence-electron chi connectivity index (χ3n) is 4.75. The van der Waals surface area contributed by atoms with Crippen molar-refractivity contribution in [3.05, 3.63) is 41.5 Å². The van der Waals surface area contributed by atoms with Gasteiger partial charge in [0.15, 0.2) is 5.69 Å². The first-order valence-corrected chi connectivity index (χ1v) is 10.2. The second-order valence-corrected chi connectivity index (χ2v) is 7.78. The maximum absolute atomic E-state index is 14.1. The third kappa shape index (κ3) is 6.36. The summed E-state index contributed by atoms with van der Waals surface area (Å²) < 4.78 is 19.4. The average molecular weight is 417 g/mol. The molecule has 0 saturated carbocycles. The van der Waals surface area contributed by atoms with Gasteiger partial charge < -0.3 is 15.4 Å². The molecule has 1 aliphatic rings. The molecule has 30 heavy (non-hydrogen) atoms. The van der Waals surface area contributed by atoms with Crippen LogP contribution in [0.2, 0.25) is 0 Å². The number of rotatable bonds is 8. The highest BCUT2D eigenvalue weighted by atomic mass is 19.1. The average Bonchev–Trinajstić information content (AvgIpc) is 3.18. The summed E-state index contributed by atoms with van der Waals surface area (Å²) in [5.74, 6) is -0.813. The Bertz CT molecular complexity index is 877. The molecule has 1 aromatic heterocycles. The first kappa shape index (κ1) is 21.9. The lowest BCUT2D eigenvalue weighted by Crippen LogP contribution is -2.38. The van der Waals surface area contributed by atoms with E-state index in [2.05, 4.69) is 39.6 Å². The Morgan fingerprint density at radius 3 is 2.73 bits per heavy atom. The fourth-order valence-corrected chi connectivity index (χ4v) is 3.21. The second kappa shape index (κ2) is 10.3. The van der Waals surface area contributed by atoms with E-state index in [0.29, 0.717) is 31.4 Å². The smallest absolute Gasteiger partial charge is 0.276 e. The molecule has 0 radical (unpaired) electrons. The SMILES string of the molecule is CC(C)Cc1cc(C(=O)Nc2ccc(F)c(NC(=O)CCN3CCOCC3)c2)n[nH]1. The van der Waals surface area contributed by atoms with E-state index in [1.165, 1.54) is 18.2 Å². The van der Waals surface area contributed by atoms with Gasteiger partial charge in [-0.25, -0.2) is 4.39 Å². The normalized spacial score (nSPS) is 14.7. The number of carbonyl (C=O) groups is 2. The standard InChI is InChI=1S/C21H28FN5O3/c1-14(2)11-16-13-19(26-25-16)21(29)23-15-3-4-17(22)18(12-15)24-20(28)5-6-27-7-9-30-10-8-27/h3-4,12-14H,5-11H2,1-2H3,(H,23,29)(H,24,28)(H,25,26). The Balaban J connectivity index is 1.56. The van der Waals surface area contributed by atoms with Crippen LogP contribution in [0.5, 0.6) is 0 Å². The zero-order chi connectivity index (χ0) is 21.5. The van der Waals surface area contributed by atoms with Crippen molar-refractivity contribution in [2.24, 2.45) is 5.92 Å². The molecule has 9 heteroatoms. The lowest BCUT2D eigenvalue weighted by Gasteiger charge is -2.26. The topological polar surface area (TPSA) is 99.3 Å². The number of aromatic amines is 1. The van der Waals surface area contributed by atoms with E-state index in [9.17, 15) is 14.0 Å². The Hall–Kier alpha value is -2.78. The summed E-state index contributed by atoms with van der Waals surface area (Å²) in [4.78, 5) is 26.8. The number of nitrogens with one attached hydrogen (secondary N) is 3. The molecule has 162 valence electrons. The molecule has 1 fully saturated rings. The van der Waals surface area contributed by atoms with Crippen LogP contribution in [0.4, 0.5) is 15.8 Å². The van der Waals surface area contributed by atoms with Crippen LogP contribution in [-0.2, 0) is 16.0 Å². The van der Waals surface area contributed by atoms with Crippen molar-refractivity contribution in [2.45, 2.75) is 26.7 Å². The molecule has 1 saturated heterocycles. The van der Waals surface area contributed by atoms with Gasteiger partial charge in [-0.2, -0.15) is 5.10 Å². The van der Waals surface area contributed by atoms with Gasteiger partial charge in [0.25, 0.3) is 5.91 Å². The number of hydrogen-bond donors (Lipinski definition) is 3. The highest BCUT2D eigenvalue weighted by molar-refractivity contribution is 6.03. The number of benzene rings is 1. The molecular weight excluding hydrogens is 389 g/mol. The minimum Gasteiger partial charge on any atom is -0.379 e. The van der Waals surface area contributed by atoms with Crippen molar-refractivity contribution in [3.8, 4) is 0 Å². The Kier molecular flexibility index (Phi) is 7.53.